The standard InChI is InChI=1S/C15H21NO2/c1-4-17-11(2)9-16-10-14-12(3)18-15-8-6-5-7-13(14)15/h5-8,11,16H,4,9-10H2,1-3H3. The first-order valence-corrected chi connectivity index (χ1v) is 6.51. The van der Waals surface area contributed by atoms with Gasteiger partial charge in [0, 0.05) is 30.6 Å². The molecule has 1 aromatic heterocycles. The van der Waals surface area contributed by atoms with Crippen LogP contribution in [0.4, 0.5) is 0 Å². The Morgan fingerprint density at radius 3 is 2.89 bits per heavy atom. The molecule has 2 aromatic rings. The van der Waals surface area contributed by atoms with Gasteiger partial charge in [0.05, 0.1) is 6.10 Å². The van der Waals surface area contributed by atoms with Gasteiger partial charge in [-0.25, -0.2) is 0 Å². The van der Waals surface area contributed by atoms with Crippen molar-refractivity contribution in [3.05, 3.63) is 35.6 Å². The first-order valence-electron chi connectivity index (χ1n) is 6.51. The van der Waals surface area contributed by atoms with E-state index in [0.29, 0.717) is 0 Å². The average Bonchev–Trinajstić information content (AvgIpc) is 2.66. The number of furan rings is 1. The highest BCUT2D eigenvalue weighted by molar-refractivity contribution is 5.82. The summed E-state index contributed by atoms with van der Waals surface area (Å²) in [5.74, 6) is 0.993. The van der Waals surface area contributed by atoms with Crippen LogP contribution in [0.25, 0.3) is 11.0 Å². The number of fused-ring (bicyclic) bond motifs is 1. The smallest absolute Gasteiger partial charge is 0.134 e. The van der Waals surface area contributed by atoms with Gasteiger partial charge in [-0.05, 0) is 26.8 Å². The minimum Gasteiger partial charge on any atom is -0.461 e. The molecule has 0 bridgehead atoms. The summed E-state index contributed by atoms with van der Waals surface area (Å²) in [7, 11) is 0. The zero-order valence-corrected chi connectivity index (χ0v) is 11.3. The van der Waals surface area contributed by atoms with Crippen LogP contribution in [0.5, 0.6) is 0 Å². The fourth-order valence-corrected chi connectivity index (χ4v) is 2.18. The molecule has 98 valence electrons. The Kier molecular flexibility index (Phi) is 4.39. The summed E-state index contributed by atoms with van der Waals surface area (Å²) in [6.07, 6.45) is 0.244. The minimum absolute atomic E-state index is 0.244. The zero-order chi connectivity index (χ0) is 13.0. The Hall–Kier alpha value is -1.32. The van der Waals surface area contributed by atoms with Crippen LogP contribution in [0, 0.1) is 6.92 Å². The van der Waals surface area contributed by atoms with Gasteiger partial charge in [-0.3, -0.25) is 0 Å². The molecular weight excluding hydrogens is 226 g/mol. The lowest BCUT2D eigenvalue weighted by Crippen LogP contribution is -2.26. The van der Waals surface area contributed by atoms with Crippen molar-refractivity contribution in [2.75, 3.05) is 13.2 Å². The molecule has 3 nitrogen and oxygen atoms in total. The highest BCUT2D eigenvalue weighted by Gasteiger charge is 2.10. The normalized spacial score (nSPS) is 13.1. The van der Waals surface area contributed by atoms with Crippen LogP contribution in [0.2, 0.25) is 0 Å². The Bertz CT molecular complexity index is 504. The van der Waals surface area contributed by atoms with Crippen molar-refractivity contribution in [2.45, 2.75) is 33.4 Å². The maximum Gasteiger partial charge on any atom is 0.134 e. The van der Waals surface area contributed by atoms with Gasteiger partial charge in [0.2, 0.25) is 0 Å². The van der Waals surface area contributed by atoms with Crippen LogP contribution in [-0.2, 0) is 11.3 Å². The van der Waals surface area contributed by atoms with Crippen molar-refractivity contribution in [1.29, 1.82) is 0 Å². The molecule has 0 saturated carbocycles. The minimum atomic E-state index is 0.244. The molecule has 1 N–H and O–H groups in total. The molecule has 0 fully saturated rings. The molecule has 2 rings (SSSR count). The fourth-order valence-electron chi connectivity index (χ4n) is 2.18. The van der Waals surface area contributed by atoms with Crippen molar-refractivity contribution in [2.24, 2.45) is 0 Å². The number of hydrogen-bond donors (Lipinski definition) is 1. The predicted octanol–water partition coefficient (Wildman–Crippen LogP) is 3.26. The van der Waals surface area contributed by atoms with E-state index in [0.717, 1.165) is 31.0 Å². The van der Waals surface area contributed by atoms with Gasteiger partial charge < -0.3 is 14.5 Å². The summed E-state index contributed by atoms with van der Waals surface area (Å²) < 4.78 is 11.2. The maximum absolute atomic E-state index is 5.73. The summed E-state index contributed by atoms with van der Waals surface area (Å²) >= 11 is 0. The highest BCUT2D eigenvalue weighted by Crippen LogP contribution is 2.24. The van der Waals surface area contributed by atoms with E-state index in [1.54, 1.807) is 0 Å². The number of benzene rings is 1. The number of nitrogens with one attached hydrogen (secondary N) is 1. The third-order valence-electron chi connectivity index (χ3n) is 3.08. The second-order valence-corrected chi connectivity index (χ2v) is 4.53. The summed E-state index contributed by atoms with van der Waals surface area (Å²) in [4.78, 5) is 0. The third kappa shape index (κ3) is 2.92. The Labute approximate surface area is 108 Å². The van der Waals surface area contributed by atoms with Gasteiger partial charge in [0.1, 0.15) is 11.3 Å². The second kappa shape index (κ2) is 6.03. The van der Waals surface area contributed by atoms with Crippen molar-refractivity contribution < 1.29 is 9.15 Å². The number of para-hydroxylation sites is 1. The molecule has 1 atom stereocenters. The Morgan fingerprint density at radius 1 is 1.33 bits per heavy atom. The van der Waals surface area contributed by atoms with E-state index in [1.807, 2.05) is 32.0 Å². The topological polar surface area (TPSA) is 34.4 Å². The SMILES string of the molecule is CCOC(C)CNCc1c(C)oc2ccccc12. The molecule has 0 saturated heterocycles. The molecule has 0 aliphatic rings. The van der Waals surface area contributed by atoms with Crippen LogP contribution >= 0.6 is 0 Å². The van der Waals surface area contributed by atoms with Gasteiger partial charge in [-0.1, -0.05) is 18.2 Å². The monoisotopic (exact) mass is 247 g/mol. The lowest BCUT2D eigenvalue weighted by Gasteiger charge is -2.12. The quantitative estimate of drug-likeness (QED) is 0.850. The molecule has 1 aromatic carbocycles. The first kappa shape index (κ1) is 13.1. The molecule has 0 radical (unpaired) electrons. The van der Waals surface area contributed by atoms with Crippen molar-refractivity contribution in [3.63, 3.8) is 0 Å². The average molecular weight is 247 g/mol. The van der Waals surface area contributed by atoms with E-state index in [9.17, 15) is 0 Å². The fraction of sp³-hybridized carbons (Fsp3) is 0.467. The van der Waals surface area contributed by atoms with E-state index in [2.05, 4.69) is 18.3 Å². The second-order valence-electron chi connectivity index (χ2n) is 4.53. The number of rotatable bonds is 6. The maximum atomic E-state index is 5.73. The van der Waals surface area contributed by atoms with Gasteiger partial charge >= 0.3 is 0 Å². The van der Waals surface area contributed by atoms with Crippen molar-refractivity contribution in [1.82, 2.24) is 5.32 Å². The van der Waals surface area contributed by atoms with Gasteiger partial charge in [-0.15, -0.1) is 0 Å². The molecule has 0 aliphatic carbocycles. The molecule has 0 amide bonds. The van der Waals surface area contributed by atoms with E-state index >= 15 is 0 Å². The summed E-state index contributed by atoms with van der Waals surface area (Å²) in [6.45, 7) is 8.55. The predicted molar refractivity (Wildman–Crippen MR) is 73.7 cm³/mol. The summed E-state index contributed by atoms with van der Waals surface area (Å²) in [5, 5.41) is 4.62. The van der Waals surface area contributed by atoms with E-state index < -0.39 is 0 Å². The summed E-state index contributed by atoms with van der Waals surface area (Å²) in [6, 6.07) is 8.16. The van der Waals surface area contributed by atoms with Crippen LogP contribution < -0.4 is 5.32 Å². The largest absolute Gasteiger partial charge is 0.461 e. The molecule has 0 aliphatic heterocycles. The summed E-state index contributed by atoms with van der Waals surface area (Å²) in [5.41, 5.74) is 2.21. The van der Waals surface area contributed by atoms with Crippen LogP contribution in [0.1, 0.15) is 25.2 Å². The van der Waals surface area contributed by atoms with Crippen molar-refractivity contribution >= 4 is 11.0 Å². The van der Waals surface area contributed by atoms with Crippen LogP contribution in [0.3, 0.4) is 0 Å². The molecule has 1 unspecified atom stereocenters. The molecular formula is C15H21NO2. The lowest BCUT2D eigenvalue weighted by atomic mass is 10.1. The van der Waals surface area contributed by atoms with Crippen molar-refractivity contribution in [3.8, 4) is 0 Å². The van der Waals surface area contributed by atoms with E-state index in [4.69, 9.17) is 9.15 Å². The molecule has 0 spiro atoms. The molecule has 3 heteroatoms. The molecule has 18 heavy (non-hydrogen) atoms. The number of aryl methyl sites for hydroxylation is 1. The lowest BCUT2D eigenvalue weighted by molar-refractivity contribution is 0.0759. The molecule has 1 heterocycles. The van der Waals surface area contributed by atoms with Crippen LogP contribution in [-0.4, -0.2) is 19.3 Å². The van der Waals surface area contributed by atoms with Gasteiger partial charge in [-0.2, -0.15) is 0 Å². The van der Waals surface area contributed by atoms with E-state index in [-0.39, 0.29) is 6.10 Å². The van der Waals surface area contributed by atoms with E-state index in [1.165, 1.54) is 10.9 Å². The zero-order valence-electron chi connectivity index (χ0n) is 11.3. The third-order valence-corrected chi connectivity index (χ3v) is 3.08. The van der Waals surface area contributed by atoms with Crippen LogP contribution in [0.15, 0.2) is 28.7 Å². The van der Waals surface area contributed by atoms with Gasteiger partial charge in [0.25, 0.3) is 0 Å². The Morgan fingerprint density at radius 2 is 2.11 bits per heavy atom. The van der Waals surface area contributed by atoms with Gasteiger partial charge in [0.15, 0.2) is 0 Å². The number of hydrogen-bond acceptors (Lipinski definition) is 3. The first-order chi connectivity index (χ1) is 8.72. The Balaban J connectivity index is 2.01. The number of ether oxygens (including phenoxy) is 1. The highest BCUT2D eigenvalue weighted by atomic mass is 16.5.